The van der Waals surface area contributed by atoms with Gasteiger partial charge in [-0.1, -0.05) is 60.1 Å². The van der Waals surface area contributed by atoms with Crippen LogP contribution >= 0.6 is 34.8 Å². The van der Waals surface area contributed by atoms with Crippen molar-refractivity contribution in [1.29, 1.82) is 0 Å². The van der Waals surface area contributed by atoms with Gasteiger partial charge in [-0.05, 0) is 77.7 Å². The molecule has 43 heavy (non-hydrogen) atoms. The number of nitrogens with zero attached hydrogens (tertiary/aromatic N) is 1. The molecule has 1 heterocycles. The number of ketones is 1. The van der Waals surface area contributed by atoms with Crippen LogP contribution in [0.3, 0.4) is 0 Å². The SMILES string of the molecule is C[C@H](OC(=O)c1ccc(N2C(=O)[C@@H]3[C@H](C2=O)C2(Cl)c4ccccc4C3(Cl)c3ccccc32)cc1)C(=O)c1ccc(Cl)cc1. The summed E-state index contributed by atoms with van der Waals surface area (Å²) in [6.45, 7) is 1.49. The highest BCUT2D eigenvalue weighted by Crippen LogP contribution is 2.69. The van der Waals surface area contributed by atoms with Crippen LogP contribution in [0.2, 0.25) is 5.02 Å². The maximum atomic E-state index is 14.1. The standard InChI is InChI=1S/C34H22Cl3NO5/c1-18(29(39)19-10-14-21(35)15-11-19)43-32(42)20-12-16-22(17-13-20)38-30(40)27-28(31(38)41)34(37)24-7-3-2-6-23(24)33(27,36)25-8-4-5-9-26(25)34/h2-18,27-28H,1H3/t18-,27-,28+,33?,34?/m0/s1. The molecule has 0 radical (unpaired) electrons. The Morgan fingerprint density at radius 2 is 1.12 bits per heavy atom. The van der Waals surface area contributed by atoms with E-state index in [4.69, 9.17) is 39.5 Å². The third kappa shape index (κ3) is 3.80. The second-order valence-electron chi connectivity index (χ2n) is 10.9. The fourth-order valence-corrected chi connectivity index (χ4v) is 8.02. The second-order valence-corrected chi connectivity index (χ2v) is 12.6. The van der Waals surface area contributed by atoms with Gasteiger partial charge in [0.05, 0.1) is 23.1 Å². The Hall–Kier alpha value is -3.97. The van der Waals surface area contributed by atoms with Gasteiger partial charge in [-0.2, -0.15) is 0 Å². The van der Waals surface area contributed by atoms with E-state index in [-0.39, 0.29) is 17.0 Å². The molecule has 214 valence electrons. The number of esters is 1. The number of halogens is 3. The van der Waals surface area contributed by atoms with Crippen LogP contribution in [0, 0.1) is 11.8 Å². The van der Waals surface area contributed by atoms with Gasteiger partial charge < -0.3 is 4.74 Å². The summed E-state index contributed by atoms with van der Waals surface area (Å²) in [4.78, 5) is 52.4. The molecule has 0 aromatic heterocycles. The minimum atomic E-state index is -1.29. The van der Waals surface area contributed by atoms with Crippen LogP contribution in [0.4, 0.5) is 5.69 Å². The van der Waals surface area contributed by atoms with E-state index in [2.05, 4.69) is 0 Å². The first-order chi connectivity index (χ1) is 20.6. The minimum absolute atomic E-state index is 0.151. The third-order valence-corrected chi connectivity index (χ3v) is 10.3. The molecule has 4 aromatic rings. The van der Waals surface area contributed by atoms with E-state index in [0.29, 0.717) is 10.6 Å². The highest BCUT2D eigenvalue weighted by atomic mass is 35.5. The molecule has 0 N–H and O–H groups in total. The molecule has 0 saturated carbocycles. The summed E-state index contributed by atoms with van der Waals surface area (Å²) in [5.41, 5.74) is 3.66. The Labute approximate surface area is 262 Å². The lowest BCUT2D eigenvalue weighted by Gasteiger charge is -2.54. The van der Waals surface area contributed by atoms with Crippen molar-refractivity contribution < 1.29 is 23.9 Å². The molecule has 1 aliphatic heterocycles. The van der Waals surface area contributed by atoms with Crippen LogP contribution in [0.25, 0.3) is 0 Å². The predicted octanol–water partition coefficient (Wildman–Crippen LogP) is 6.87. The average molecular weight is 631 g/mol. The molecule has 2 amide bonds. The Kier molecular flexibility index (Phi) is 6.33. The van der Waals surface area contributed by atoms with Gasteiger partial charge in [-0.25, -0.2) is 9.69 Å². The number of amides is 2. The molecule has 0 unspecified atom stereocenters. The molecular formula is C34H22Cl3NO5. The Morgan fingerprint density at radius 1 is 0.698 bits per heavy atom. The molecule has 9 heteroatoms. The zero-order valence-electron chi connectivity index (χ0n) is 22.6. The van der Waals surface area contributed by atoms with Crippen LogP contribution in [0.5, 0.6) is 0 Å². The van der Waals surface area contributed by atoms with Crippen molar-refractivity contribution in [1.82, 2.24) is 0 Å². The zero-order chi connectivity index (χ0) is 30.3. The van der Waals surface area contributed by atoms with Crippen molar-refractivity contribution in [2.45, 2.75) is 22.8 Å². The molecule has 4 aliphatic rings. The summed E-state index contributed by atoms with van der Waals surface area (Å²) in [5.74, 6) is -3.90. The normalized spacial score (nSPS) is 25.5. The number of carbonyl (C=O) groups excluding carboxylic acids is 4. The summed E-state index contributed by atoms with van der Waals surface area (Å²) in [5, 5.41) is 0.486. The number of hydrogen-bond acceptors (Lipinski definition) is 5. The number of anilines is 1. The topological polar surface area (TPSA) is 80.8 Å². The van der Waals surface area contributed by atoms with Crippen LogP contribution in [0.1, 0.15) is 49.9 Å². The third-order valence-electron chi connectivity index (χ3n) is 8.73. The molecule has 8 rings (SSSR count). The number of hydrogen-bond donors (Lipinski definition) is 0. The highest BCUT2D eigenvalue weighted by molar-refractivity contribution is 6.38. The monoisotopic (exact) mass is 629 g/mol. The molecule has 4 aromatic carbocycles. The van der Waals surface area contributed by atoms with E-state index >= 15 is 0 Å². The van der Waals surface area contributed by atoms with Gasteiger partial charge in [0.15, 0.2) is 6.10 Å². The lowest BCUT2D eigenvalue weighted by atomic mass is 9.54. The quantitative estimate of drug-likeness (QED) is 0.104. The van der Waals surface area contributed by atoms with Crippen LogP contribution in [-0.2, 0) is 24.1 Å². The lowest BCUT2D eigenvalue weighted by Crippen LogP contribution is -2.57. The lowest BCUT2D eigenvalue weighted by molar-refractivity contribution is -0.122. The highest BCUT2D eigenvalue weighted by Gasteiger charge is 2.73. The largest absolute Gasteiger partial charge is 0.451 e. The van der Waals surface area contributed by atoms with Crippen LogP contribution < -0.4 is 4.90 Å². The van der Waals surface area contributed by atoms with Crippen LogP contribution in [-0.4, -0.2) is 29.7 Å². The van der Waals surface area contributed by atoms with E-state index in [1.165, 1.54) is 31.2 Å². The fourth-order valence-electron chi connectivity index (χ4n) is 6.80. The average Bonchev–Trinajstić information content (AvgIpc) is 3.30. The van der Waals surface area contributed by atoms with Crippen molar-refractivity contribution in [2.24, 2.45) is 11.8 Å². The molecular weight excluding hydrogens is 609 g/mol. The zero-order valence-corrected chi connectivity index (χ0v) is 24.9. The summed E-state index contributed by atoms with van der Waals surface area (Å²) >= 11 is 20.8. The number of rotatable bonds is 5. The van der Waals surface area contributed by atoms with Gasteiger partial charge in [0.1, 0.15) is 9.75 Å². The van der Waals surface area contributed by atoms with Crippen molar-refractivity contribution in [3.63, 3.8) is 0 Å². The summed E-state index contributed by atoms with van der Waals surface area (Å²) < 4.78 is 5.40. The van der Waals surface area contributed by atoms with Gasteiger partial charge in [-0.3, -0.25) is 14.4 Å². The van der Waals surface area contributed by atoms with Crippen molar-refractivity contribution in [3.05, 3.63) is 135 Å². The van der Waals surface area contributed by atoms with E-state index in [1.54, 1.807) is 24.3 Å². The Morgan fingerprint density at radius 3 is 1.56 bits per heavy atom. The molecule has 1 saturated heterocycles. The molecule has 1 fully saturated rings. The van der Waals surface area contributed by atoms with Gasteiger partial charge in [0.2, 0.25) is 17.6 Å². The van der Waals surface area contributed by atoms with Gasteiger partial charge in [0, 0.05) is 10.6 Å². The summed E-state index contributed by atoms with van der Waals surface area (Å²) in [6.07, 6.45) is -1.04. The predicted molar refractivity (Wildman–Crippen MR) is 163 cm³/mol. The Bertz CT molecular complexity index is 1730. The van der Waals surface area contributed by atoms with Crippen molar-refractivity contribution in [3.8, 4) is 0 Å². The first-order valence-electron chi connectivity index (χ1n) is 13.6. The fraction of sp³-hybridized carbons (Fsp3) is 0.176. The Balaban J connectivity index is 1.19. The van der Waals surface area contributed by atoms with Crippen LogP contribution in [0.15, 0.2) is 97.1 Å². The molecule has 6 nitrogen and oxygen atoms in total. The molecule has 3 aliphatic carbocycles. The number of alkyl halides is 2. The summed E-state index contributed by atoms with van der Waals surface area (Å²) in [6, 6.07) is 27.0. The molecule has 3 atom stereocenters. The number of ether oxygens (including phenoxy) is 1. The first-order valence-corrected chi connectivity index (χ1v) is 14.8. The van der Waals surface area contributed by atoms with Gasteiger partial charge >= 0.3 is 5.97 Å². The van der Waals surface area contributed by atoms with Crippen molar-refractivity contribution in [2.75, 3.05) is 4.90 Å². The maximum Gasteiger partial charge on any atom is 0.338 e. The number of Topliss-reactive ketones (excluding diaryl/α,β-unsaturated/α-hetero) is 1. The van der Waals surface area contributed by atoms with Crippen molar-refractivity contribution >= 4 is 64.1 Å². The maximum absolute atomic E-state index is 14.1. The second kappa shape index (κ2) is 9.78. The van der Waals surface area contributed by atoms with Gasteiger partial charge in [-0.15, -0.1) is 23.2 Å². The van der Waals surface area contributed by atoms with E-state index in [0.717, 1.165) is 27.2 Å². The van der Waals surface area contributed by atoms with E-state index in [1.807, 2.05) is 48.5 Å². The number of imide groups is 1. The molecule has 2 bridgehead atoms. The minimum Gasteiger partial charge on any atom is -0.451 e. The number of carbonyl (C=O) groups is 4. The first kappa shape index (κ1) is 27.8. The molecule has 0 spiro atoms. The summed E-state index contributed by atoms with van der Waals surface area (Å²) in [7, 11) is 0. The van der Waals surface area contributed by atoms with E-state index < -0.39 is 45.5 Å². The number of benzene rings is 4. The van der Waals surface area contributed by atoms with E-state index in [9.17, 15) is 19.2 Å². The van der Waals surface area contributed by atoms with Gasteiger partial charge in [0.25, 0.3) is 0 Å². The smallest absolute Gasteiger partial charge is 0.338 e.